The highest BCUT2D eigenvalue weighted by Crippen LogP contribution is 2.24. The Kier molecular flexibility index (Phi) is 4.45. The van der Waals surface area contributed by atoms with Gasteiger partial charge in [0.25, 0.3) is 0 Å². The van der Waals surface area contributed by atoms with Gasteiger partial charge in [-0.15, -0.1) is 11.3 Å². The zero-order valence-corrected chi connectivity index (χ0v) is 13.8. The molecule has 6 heteroatoms. The minimum atomic E-state index is -3.46. The summed E-state index contributed by atoms with van der Waals surface area (Å²) in [6.45, 7) is 2.20. The van der Waals surface area contributed by atoms with Gasteiger partial charge in [-0.1, -0.05) is 28.1 Å². The molecule has 2 rings (SSSR count). The molecule has 0 aliphatic rings. The zero-order valence-electron chi connectivity index (χ0n) is 10.6. The van der Waals surface area contributed by atoms with Gasteiger partial charge in [0.15, 0.2) is 0 Å². The molecule has 0 atom stereocenters. The first-order valence-corrected chi connectivity index (χ1v) is 8.77. The number of aryl methyl sites for hydroxylation is 1. The lowest BCUT2D eigenvalue weighted by Gasteiger charge is -2.18. The van der Waals surface area contributed by atoms with Crippen LogP contribution in [0.4, 0.5) is 0 Å². The molecule has 0 spiro atoms. The third-order valence-corrected chi connectivity index (χ3v) is 6.10. The quantitative estimate of drug-likeness (QED) is 0.835. The number of sulfonamides is 1. The second-order valence-electron chi connectivity index (χ2n) is 4.25. The first-order chi connectivity index (χ1) is 8.91. The standard InChI is InChI=1S/C13H14BrNO2S2/c1-10-5-6-11(14)8-13(10)19(16,17)15(2)9-12-4-3-7-18-12/h3-8H,9H2,1-2H3. The normalized spacial score (nSPS) is 12.0. The fourth-order valence-corrected chi connectivity index (χ4v) is 4.47. The lowest BCUT2D eigenvalue weighted by atomic mass is 10.2. The highest BCUT2D eigenvalue weighted by molar-refractivity contribution is 9.10. The Balaban J connectivity index is 2.33. The molecule has 3 nitrogen and oxygen atoms in total. The molecule has 102 valence electrons. The molecule has 2 aromatic rings. The molecule has 0 unspecified atom stereocenters. The minimum Gasteiger partial charge on any atom is -0.207 e. The molecule has 0 fully saturated rings. The Labute approximate surface area is 126 Å². The Morgan fingerprint density at radius 3 is 2.68 bits per heavy atom. The molecule has 0 saturated carbocycles. The van der Waals surface area contributed by atoms with Gasteiger partial charge in [0.05, 0.1) is 4.90 Å². The van der Waals surface area contributed by atoms with E-state index in [0.29, 0.717) is 11.4 Å². The molecule has 0 saturated heterocycles. The van der Waals surface area contributed by atoms with E-state index in [1.807, 2.05) is 23.6 Å². The number of halogens is 1. The van der Waals surface area contributed by atoms with Gasteiger partial charge in [-0.2, -0.15) is 4.31 Å². The van der Waals surface area contributed by atoms with E-state index in [4.69, 9.17) is 0 Å². The van der Waals surface area contributed by atoms with E-state index < -0.39 is 10.0 Å². The zero-order chi connectivity index (χ0) is 14.0. The lowest BCUT2D eigenvalue weighted by Crippen LogP contribution is -2.26. The number of thiophene rings is 1. The maximum atomic E-state index is 12.5. The van der Waals surface area contributed by atoms with Crippen LogP contribution in [-0.2, 0) is 16.6 Å². The van der Waals surface area contributed by atoms with Crippen molar-refractivity contribution in [3.8, 4) is 0 Å². The molecule has 0 N–H and O–H groups in total. The van der Waals surface area contributed by atoms with Gasteiger partial charge >= 0.3 is 0 Å². The Morgan fingerprint density at radius 2 is 2.05 bits per heavy atom. The summed E-state index contributed by atoms with van der Waals surface area (Å²) in [7, 11) is -1.85. The summed E-state index contributed by atoms with van der Waals surface area (Å²) in [5, 5.41) is 1.94. The third kappa shape index (κ3) is 3.25. The molecule has 0 radical (unpaired) electrons. The average Bonchev–Trinajstić information content (AvgIpc) is 2.85. The SMILES string of the molecule is Cc1ccc(Br)cc1S(=O)(=O)N(C)Cc1cccs1. The number of hydrogen-bond donors (Lipinski definition) is 0. The van der Waals surface area contributed by atoms with Crippen LogP contribution in [0.5, 0.6) is 0 Å². The molecular weight excluding hydrogens is 346 g/mol. The van der Waals surface area contributed by atoms with E-state index in [1.54, 1.807) is 37.4 Å². The first-order valence-electron chi connectivity index (χ1n) is 5.66. The topological polar surface area (TPSA) is 37.4 Å². The summed E-state index contributed by atoms with van der Waals surface area (Å²) in [6.07, 6.45) is 0. The van der Waals surface area contributed by atoms with Gasteiger partial charge in [0.1, 0.15) is 0 Å². The average molecular weight is 360 g/mol. The van der Waals surface area contributed by atoms with Crippen LogP contribution in [-0.4, -0.2) is 19.8 Å². The number of benzene rings is 1. The third-order valence-electron chi connectivity index (χ3n) is 2.80. The maximum absolute atomic E-state index is 12.5. The van der Waals surface area contributed by atoms with Crippen molar-refractivity contribution in [1.82, 2.24) is 4.31 Å². The monoisotopic (exact) mass is 359 g/mol. The van der Waals surface area contributed by atoms with Crippen molar-refractivity contribution in [3.05, 3.63) is 50.6 Å². The van der Waals surface area contributed by atoms with E-state index in [1.165, 1.54) is 4.31 Å². The van der Waals surface area contributed by atoms with Crippen molar-refractivity contribution in [2.24, 2.45) is 0 Å². The molecule has 0 aliphatic carbocycles. The highest BCUT2D eigenvalue weighted by Gasteiger charge is 2.23. The van der Waals surface area contributed by atoms with Crippen LogP contribution >= 0.6 is 27.3 Å². The Morgan fingerprint density at radius 1 is 1.32 bits per heavy atom. The summed E-state index contributed by atoms with van der Waals surface area (Å²) in [4.78, 5) is 1.37. The van der Waals surface area contributed by atoms with Gasteiger partial charge in [0.2, 0.25) is 10.0 Å². The van der Waals surface area contributed by atoms with Crippen molar-refractivity contribution in [2.45, 2.75) is 18.4 Å². The van der Waals surface area contributed by atoms with Crippen molar-refractivity contribution in [1.29, 1.82) is 0 Å². The van der Waals surface area contributed by atoms with Crippen molar-refractivity contribution < 1.29 is 8.42 Å². The Bertz CT molecular complexity index is 666. The van der Waals surface area contributed by atoms with E-state index in [-0.39, 0.29) is 0 Å². The van der Waals surface area contributed by atoms with Gasteiger partial charge in [0, 0.05) is 22.9 Å². The number of hydrogen-bond acceptors (Lipinski definition) is 3. The lowest BCUT2D eigenvalue weighted by molar-refractivity contribution is 0.469. The first kappa shape index (κ1) is 14.7. The van der Waals surface area contributed by atoms with Crippen LogP contribution in [0.25, 0.3) is 0 Å². The number of rotatable bonds is 4. The van der Waals surface area contributed by atoms with Gasteiger partial charge in [-0.05, 0) is 36.1 Å². The van der Waals surface area contributed by atoms with E-state index in [0.717, 1.165) is 14.9 Å². The van der Waals surface area contributed by atoms with Crippen LogP contribution in [0.15, 0.2) is 45.1 Å². The molecule has 19 heavy (non-hydrogen) atoms. The van der Waals surface area contributed by atoms with E-state index in [2.05, 4.69) is 15.9 Å². The fraction of sp³-hybridized carbons (Fsp3) is 0.231. The van der Waals surface area contributed by atoms with Gasteiger partial charge < -0.3 is 0 Å². The molecule has 0 amide bonds. The van der Waals surface area contributed by atoms with E-state index in [9.17, 15) is 8.42 Å². The van der Waals surface area contributed by atoms with Crippen molar-refractivity contribution >= 4 is 37.3 Å². The molecule has 1 aromatic carbocycles. The van der Waals surface area contributed by atoms with Gasteiger partial charge in [-0.3, -0.25) is 0 Å². The second-order valence-corrected chi connectivity index (χ2v) is 8.21. The summed E-state index contributed by atoms with van der Waals surface area (Å²) in [5.74, 6) is 0. The maximum Gasteiger partial charge on any atom is 0.243 e. The van der Waals surface area contributed by atoms with Crippen LogP contribution in [0.1, 0.15) is 10.4 Å². The second kappa shape index (κ2) is 5.75. The molecule has 0 bridgehead atoms. The predicted octanol–water partition coefficient (Wildman–Crippen LogP) is 3.64. The predicted molar refractivity (Wildman–Crippen MR) is 81.9 cm³/mol. The summed E-state index contributed by atoms with van der Waals surface area (Å²) < 4.78 is 27.2. The van der Waals surface area contributed by atoms with Crippen LogP contribution < -0.4 is 0 Å². The van der Waals surface area contributed by atoms with Gasteiger partial charge in [-0.25, -0.2) is 8.42 Å². The van der Waals surface area contributed by atoms with Crippen LogP contribution in [0.3, 0.4) is 0 Å². The molecule has 1 heterocycles. The van der Waals surface area contributed by atoms with Crippen molar-refractivity contribution in [3.63, 3.8) is 0 Å². The molecule has 1 aromatic heterocycles. The smallest absolute Gasteiger partial charge is 0.207 e. The summed E-state index contributed by atoms with van der Waals surface area (Å²) in [6, 6.07) is 9.15. The van der Waals surface area contributed by atoms with Crippen molar-refractivity contribution in [2.75, 3.05) is 7.05 Å². The molecule has 0 aliphatic heterocycles. The minimum absolute atomic E-state index is 0.348. The summed E-state index contributed by atoms with van der Waals surface area (Å²) >= 11 is 4.87. The fourth-order valence-electron chi connectivity index (χ4n) is 1.73. The Hall–Kier alpha value is -0.690. The molecular formula is C13H14BrNO2S2. The largest absolute Gasteiger partial charge is 0.243 e. The number of nitrogens with zero attached hydrogens (tertiary/aromatic N) is 1. The van der Waals surface area contributed by atoms with Crippen LogP contribution in [0, 0.1) is 6.92 Å². The van der Waals surface area contributed by atoms with E-state index >= 15 is 0 Å². The summed E-state index contributed by atoms with van der Waals surface area (Å²) in [5.41, 5.74) is 0.751. The highest BCUT2D eigenvalue weighted by atomic mass is 79.9. The van der Waals surface area contributed by atoms with Crippen LogP contribution in [0.2, 0.25) is 0 Å².